The minimum Gasteiger partial charge on any atom is -0.377 e. The van der Waals surface area contributed by atoms with Crippen molar-refractivity contribution in [1.29, 1.82) is 0 Å². The number of aryl methyl sites for hydroxylation is 1. The average molecular weight is 484 g/mol. The minimum absolute atomic E-state index is 0.146. The van der Waals surface area contributed by atoms with Gasteiger partial charge in [-0.3, -0.25) is 9.27 Å². The molecule has 0 aliphatic heterocycles. The molecule has 0 unspecified atom stereocenters. The van der Waals surface area contributed by atoms with Gasteiger partial charge in [0.25, 0.3) is 20.1 Å². The summed E-state index contributed by atoms with van der Waals surface area (Å²) >= 11 is 0. The molecular formula is C19H17NO8S3. The van der Waals surface area contributed by atoms with Crippen LogP contribution >= 0.6 is 0 Å². The quantitative estimate of drug-likeness (QED) is 0.386. The summed E-state index contributed by atoms with van der Waals surface area (Å²) in [7, 11) is -13.3. The zero-order valence-electron chi connectivity index (χ0n) is 16.0. The molecule has 0 bridgehead atoms. The lowest BCUT2D eigenvalue weighted by Crippen LogP contribution is -2.16. The molecule has 0 aromatic heterocycles. The Balaban J connectivity index is 2.07. The maximum absolute atomic E-state index is 12.7. The van der Waals surface area contributed by atoms with Crippen LogP contribution in [-0.4, -0.2) is 29.8 Å². The van der Waals surface area contributed by atoms with Crippen LogP contribution in [0.5, 0.6) is 5.75 Å². The van der Waals surface area contributed by atoms with Crippen LogP contribution in [0.25, 0.3) is 0 Å². The van der Waals surface area contributed by atoms with E-state index in [4.69, 9.17) is 4.18 Å². The van der Waals surface area contributed by atoms with Gasteiger partial charge >= 0.3 is 10.1 Å². The number of nitrogens with one attached hydrogen (secondary N) is 1. The average Bonchev–Trinajstić information content (AvgIpc) is 2.69. The molecule has 0 saturated carbocycles. The number of anilines is 1. The Morgan fingerprint density at radius 3 is 1.90 bits per heavy atom. The smallest absolute Gasteiger partial charge is 0.339 e. The highest BCUT2D eigenvalue weighted by Crippen LogP contribution is 2.32. The van der Waals surface area contributed by atoms with Gasteiger partial charge in [-0.15, -0.1) is 0 Å². The Kier molecular flexibility index (Phi) is 6.09. The summed E-state index contributed by atoms with van der Waals surface area (Å²) in [4.78, 5) is -0.994. The predicted molar refractivity (Wildman–Crippen MR) is 112 cm³/mol. The molecule has 0 spiro atoms. The fourth-order valence-corrected chi connectivity index (χ4v) is 5.03. The number of rotatable bonds is 7. The van der Waals surface area contributed by atoms with E-state index < -0.39 is 46.6 Å². The van der Waals surface area contributed by atoms with E-state index in [0.717, 1.165) is 23.8 Å². The van der Waals surface area contributed by atoms with E-state index in [0.29, 0.717) is 0 Å². The fourth-order valence-electron chi connectivity index (χ4n) is 2.50. The SMILES string of the molecule is Cc1ccc(S(=O)(=O)Nc2cc(S(=O)(=O)O)ccc2OS(=O)(=O)c2ccccc2)cc1. The Hall–Kier alpha value is -2.93. The molecule has 0 fully saturated rings. The van der Waals surface area contributed by atoms with Gasteiger partial charge in [0.2, 0.25) is 0 Å². The molecule has 0 aliphatic carbocycles. The van der Waals surface area contributed by atoms with Crippen LogP contribution in [0.4, 0.5) is 5.69 Å². The maximum atomic E-state index is 12.7. The molecule has 3 aromatic carbocycles. The van der Waals surface area contributed by atoms with Gasteiger partial charge in [-0.1, -0.05) is 35.9 Å². The van der Waals surface area contributed by atoms with Gasteiger partial charge in [0.1, 0.15) is 4.90 Å². The van der Waals surface area contributed by atoms with E-state index in [-0.39, 0.29) is 9.79 Å². The summed E-state index contributed by atoms with van der Waals surface area (Å²) < 4.78 is 90.0. The monoisotopic (exact) mass is 483 g/mol. The molecule has 0 heterocycles. The lowest BCUT2D eigenvalue weighted by Gasteiger charge is -2.14. The standard InChI is InChI=1S/C19H17NO8S3/c1-14-7-9-15(10-8-14)29(21,22)20-18-13-17(30(23,24)25)11-12-19(18)28-31(26,27)16-5-3-2-4-6-16/h2-13,20H,1H3,(H,23,24,25). The van der Waals surface area contributed by atoms with Gasteiger partial charge in [0.15, 0.2) is 5.75 Å². The van der Waals surface area contributed by atoms with Gasteiger partial charge in [-0.2, -0.15) is 16.8 Å². The van der Waals surface area contributed by atoms with E-state index in [9.17, 15) is 29.8 Å². The normalized spacial score (nSPS) is 12.3. The Morgan fingerprint density at radius 1 is 0.742 bits per heavy atom. The summed E-state index contributed by atoms with van der Waals surface area (Å²) in [5.41, 5.74) is 0.320. The first kappa shape index (κ1) is 22.7. The number of benzene rings is 3. The summed E-state index contributed by atoms with van der Waals surface area (Å²) in [6.07, 6.45) is 0. The van der Waals surface area contributed by atoms with Crippen LogP contribution in [0.3, 0.4) is 0 Å². The third-order valence-electron chi connectivity index (χ3n) is 4.06. The molecule has 3 rings (SSSR count). The highest BCUT2D eigenvalue weighted by Gasteiger charge is 2.23. The second kappa shape index (κ2) is 8.30. The van der Waals surface area contributed by atoms with Crippen molar-refractivity contribution in [3.8, 4) is 5.75 Å². The molecule has 9 nitrogen and oxygen atoms in total. The second-order valence-electron chi connectivity index (χ2n) is 6.40. The summed E-state index contributed by atoms with van der Waals surface area (Å²) in [6.45, 7) is 1.76. The third kappa shape index (κ3) is 5.41. The van der Waals surface area contributed by atoms with E-state index in [1.807, 2.05) is 0 Å². The van der Waals surface area contributed by atoms with Crippen LogP contribution in [0.15, 0.2) is 87.5 Å². The minimum atomic E-state index is -4.70. The molecule has 3 aromatic rings. The topological polar surface area (TPSA) is 144 Å². The first-order valence-electron chi connectivity index (χ1n) is 8.59. The molecule has 2 N–H and O–H groups in total. The molecule has 31 heavy (non-hydrogen) atoms. The predicted octanol–water partition coefficient (Wildman–Crippen LogP) is 2.81. The molecule has 0 radical (unpaired) electrons. The molecule has 12 heteroatoms. The highest BCUT2D eigenvalue weighted by molar-refractivity contribution is 7.92. The van der Waals surface area contributed by atoms with Crippen molar-refractivity contribution in [2.75, 3.05) is 4.72 Å². The Labute approximate surface area is 180 Å². The van der Waals surface area contributed by atoms with Crippen molar-refractivity contribution in [3.63, 3.8) is 0 Å². The first-order valence-corrected chi connectivity index (χ1v) is 12.9. The first-order chi connectivity index (χ1) is 14.4. The van der Waals surface area contributed by atoms with Crippen LogP contribution < -0.4 is 8.91 Å². The molecular weight excluding hydrogens is 466 g/mol. The van der Waals surface area contributed by atoms with E-state index in [1.54, 1.807) is 25.1 Å². The van der Waals surface area contributed by atoms with Crippen LogP contribution in [0.2, 0.25) is 0 Å². The zero-order chi connectivity index (χ0) is 22.9. The highest BCUT2D eigenvalue weighted by atomic mass is 32.2. The molecule has 0 atom stereocenters. The van der Waals surface area contributed by atoms with Crippen LogP contribution in [0, 0.1) is 6.92 Å². The van der Waals surface area contributed by atoms with Gasteiger partial charge in [-0.25, -0.2) is 8.42 Å². The zero-order valence-corrected chi connectivity index (χ0v) is 18.4. The van der Waals surface area contributed by atoms with E-state index in [1.165, 1.54) is 36.4 Å². The number of hydrogen-bond donors (Lipinski definition) is 2. The van der Waals surface area contributed by atoms with Crippen molar-refractivity contribution in [2.45, 2.75) is 21.6 Å². The third-order valence-corrected chi connectivity index (χ3v) is 7.54. The van der Waals surface area contributed by atoms with Gasteiger partial charge in [-0.05, 0) is 49.4 Å². The van der Waals surface area contributed by atoms with Crippen molar-refractivity contribution in [1.82, 2.24) is 0 Å². The van der Waals surface area contributed by atoms with E-state index >= 15 is 0 Å². The summed E-state index contributed by atoms with van der Waals surface area (Å²) in [5, 5.41) is 0. The van der Waals surface area contributed by atoms with Crippen LogP contribution in [0.1, 0.15) is 5.56 Å². The van der Waals surface area contributed by atoms with Crippen molar-refractivity contribution < 1.29 is 34.0 Å². The number of hydrogen-bond acceptors (Lipinski definition) is 7. The van der Waals surface area contributed by atoms with Crippen molar-refractivity contribution in [3.05, 3.63) is 78.4 Å². The fraction of sp³-hybridized carbons (Fsp3) is 0.0526. The van der Waals surface area contributed by atoms with Crippen molar-refractivity contribution in [2.24, 2.45) is 0 Å². The lowest BCUT2D eigenvalue weighted by molar-refractivity contribution is 0.482. The van der Waals surface area contributed by atoms with Crippen LogP contribution in [-0.2, 0) is 30.3 Å². The summed E-state index contributed by atoms with van der Waals surface area (Å²) in [5.74, 6) is -0.480. The number of sulfonamides is 1. The van der Waals surface area contributed by atoms with Gasteiger partial charge in [0, 0.05) is 0 Å². The van der Waals surface area contributed by atoms with E-state index in [2.05, 4.69) is 4.72 Å². The Morgan fingerprint density at radius 2 is 1.32 bits per heavy atom. The Bertz CT molecular complexity index is 1420. The maximum Gasteiger partial charge on any atom is 0.339 e. The van der Waals surface area contributed by atoms with Gasteiger partial charge in [0.05, 0.1) is 15.5 Å². The molecule has 0 aliphatic rings. The van der Waals surface area contributed by atoms with Crippen molar-refractivity contribution >= 4 is 35.9 Å². The molecule has 0 amide bonds. The molecule has 164 valence electrons. The molecule has 0 saturated heterocycles. The van der Waals surface area contributed by atoms with Gasteiger partial charge < -0.3 is 4.18 Å². The largest absolute Gasteiger partial charge is 0.377 e. The lowest BCUT2D eigenvalue weighted by atomic mass is 10.2. The summed E-state index contributed by atoms with van der Waals surface area (Å²) in [6, 6.07) is 15.4. The second-order valence-corrected chi connectivity index (χ2v) is 11.1.